The Morgan fingerprint density at radius 2 is 1.95 bits per heavy atom. The van der Waals surface area contributed by atoms with Gasteiger partial charge in [-0.2, -0.15) is 0 Å². The molecule has 38 heavy (non-hydrogen) atoms. The summed E-state index contributed by atoms with van der Waals surface area (Å²) in [5.41, 5.74) is 1.42. The number of fused-ring (bicyclic) bond motifs is 1. The molecule has 3 heterocycles. The molecular weight excluding hydrogens is 486 g/mol. The van der Waals surface area contributed by atoms with Crippen molar-refractivity contribution < 1.29 is 23.5 Å². The zero-order chi connectivity index (χ0) is 27.3. The van der Waals surface area contributed by atoms with Crippen molar-refractivity contribution in [2.24, 2.45) is 5.41 Å². The lowest BCUT2D eigenvalue weighted by molar-refractivity contribution is -0.137. The smallest absolute Gasteiger partial charge is 0.275 e. The Hall–Kier alpha value is -4.21. The molecule has 0 saturated heterocycles. The number of aromatic nitrogens is 2. The summed E-state index contributed by atoms with van der Waals surface area (Å²) in [7, 11) is 1.68. The third-order valence-corrected chi connectivity index (χ3v) is 6.71. The van der Waals surface area contributed by atoms with Crippen LogP contribution in [0.1, 0.15) is 43.2 Å². The van der Waals surface area contributed by atoms with Gasteiger partial charge in [0.05, 0.1) is 18.0 Å². The molecule has 0 aliphatic carbocycles. The Morgan fingerprint density at radius 3 is 2.63 bits per heavy atom. The lowest BCUT2D eigenvalue weighted by Gasteiger charge is -2.27. The first kappa shape index (κ1) is 26.8. The second-order valence-corrected chi connectivity index (χ2v) is 9.67. The molecule has 1 aromatic carbocycles. The van der Waals surface area contributed by atoms with E-state index in [4.69, 9.17) is 9.15 Å². The molecule has 10 nitrogen and oxygen atoms in total. The second-order valence-electron chi connectivity index (χ2n) is 9.67. The van der Waals surface area contributed by atoms with Crippen molar-refractivity contribution in [3.63, 3.8) is 0 Å². The summed E-state index contributed by atoms with van der Waals surface area (Å²) in [6, 6.07) is 9.24. The molecule has 3 amide bonds. The first-order valence-electron chi connectivity index (χ1n) is 12.7. The van der Waals surface area contributed by atoms with E-state index in [9.17, 15) is 14.4 Å². The van der Waals surface area contributed by atoms with Gasteiger partial charge in [0.2, 0.25) is 11.8 Å². The van der Waals surface area contributed by atoms with Gasteiger partial charge in [-0.05, 0) is 57.4 Å². The normalized spacial score (nSPS) is 14.7. The molecule has 200 valence electrons. The van der Waals surface area contributed by atoms with E-state index in [2.05, 4.69) is 9.97 Å². The fraction of sp³-hybridized carbons (Fsp3) is 0.393. The molecule has 4 rings (SSSR count). The number of hydrogen-bond donors (Lipinski definition) is 0. The summed E-state index contributed by atoms with van der Waals surface area (Å²) in [6.07, 6.45) is 7.32. The summed E-state index contributed by atoms with van der Waals surface area (Å²) >= 11 is 0. The van der Waals surface area contributed by atoms with Crippen LogP contribution in [0.3, 0.4) is 0 Å². The molecule has 0 unspecified atom stereocenters. The molecule has 1 aliphatic rings. The van der Waals surface area contributed by atoms with Crippen molar-refractivity contribution in [1.82, 2.24) is 14.9 Å². The van der Waals surface area contributed by atoms with E-state index in [1.165, 1.54) is 17.6 Å². The van der Waals surface area contributed by atoms with Gasteiger partial charge in [-0.1, -0.05) is 6.07 Å². The van der Waals surface area contributed by atoms with E-state index >= 15 is 0 Å². The van der Waals surface area contributed by atoms with E-state index in [-0.39, 0.29) is 23.4 Å². The van der Waals surface area contributed by atoms with Gasteiger partial charge >= 0.3 is 0 Å². The molecule has 0 bridgehead atoms. The highest BCUT2D eigenvalue weighted by Crippen LogP contribution is 2.40. The largest absolute Gasteiger partial charge is 0.493 e. The number of pyridine rings is 1. The van der Waals surface area contributed by atoms with Gasteiger partial charge in [0, 0.05) is 45.1 Å². The third-order valence-electron chi connectivity index (χ3n) is 6.71. The highest BCUT2D eigenvalue weighted by Gasteiger charge is 2.45. The monoisotopic (exact) mass is 519 g/mol. The number of benzene rings is 1. The molecule has 0 fully saturated rings. The predicted octanol–water partition coefficient (Wildman–Crippen LogP) is 3.58. The fourth-order valence-electron chi connectivity index (χ4n) is 4.52. The van der Waals surface area contributed by atoms with Gasteiger partial charge < -0.3 is 23.9 Å². The number of rotatable bonds is 10. The van der Waals surface area contributed by atoms with Crippen molar-refractivity contribution in [3.8, 4) is 5.75 Å². The number of anilines is 2. The van der Waals surface area contributed by atoms with E-state index in [0.717, 1.165) is 5.56 Å². The third kappa shape index (κ3) is 5.53. The van der Waals surface area contributed by atoms with E-state index in [1.54, 1.807) is 55.2 Å². The van der Waals surface area contributed by atoms with E-state index < -0.39 is 5.41 Å². The van der Waals surface area contributed by atoms with Gasteiger partial charge in [0.15, 0.2) is 12.1 Å². The van der Waals surface area contributed by atoms with Crippen molar-refractivity contribution in [3.05, 3.63) is 66.6 Å². The van der Waals surface area contributed by atoms with Crippen molar-refractivity contribution in [1.29, 1.82) is 0 Å². The van der Waals surface area contributed by atoms with Crippen LogP contribution in [0.4, 0.5) is 11.4 Å². The minimum Gasteiger partial charge on any atom is -0.493 e. The standard InChI is InChI=1S/C28H33N5O5/c1-5-33-23-10-9-21(16-24(23)31(4)26(35)28(2,3)27(33)36)38-15-7-13-32(25(34)22-18-37-19-30-22)14-11-20-8-6-12-29-17-20/h6,8-10,12,16-19H,5,7,11,13-15H2,1-4H3. The molecule has 10 heteroatoms. The van der Waals surface area contributed by atoms with Crippen LogP contribution in [0.15, 0.2) is 59.8 Å². The minimum atomic E-state index is -1.17. The average Bonchev–Trinajstić information content (AvgIpc) is 3.46. The molecule has 0 saturated carbocycles. The first-order valence-corrected chi connectivity index (χ1v) is 12.7. The zero-order valence-electron chi connectivity index (χ0n) is 22.2. The molecular formula is C28H33N5O5. The number of hydrogen-bond acceptors (Lipinski definition) is 7. The van der Waals surface area contributed by atoms with Crippen molar-refractivity contribution in [2.75, 3.05) is 43.1 Å². The fourth-order valence-corrected chi connectivity index (χ4v) is 4.52. The maximum Gasteiger partial charge on any atom is 0.275 e. The SMILES string of the molecule is CCN1C(=O)C(C)(C)C(=O)N(C)c2cc(OCCCN(CCc3cccnc3)C(=O)c3cocn3)ccc21. The van der Waals surface area contributed by atoms with Gasteiger partial charge in [0.1, 0.15) is 17.4 Å². The van der Waals surface area contributed by atoms with Crippen LogP contribution < -0.4 is 14.5 Å². The van der Waals surface area contributed by atoms with Crippen LogP contribution in [-0.4, -0.2) is 65.9 Å². The Morgan fingerprint density at radius 1 is 1.13 bits per heavy atom. The van der Waals surface area contributed by atoms with Crippen LogP contribution in [0.2, 0.25) is 0 Å². The van der Waals surface area contributed by atoms with Gasteiger partial charge in [-0.15, -0.1) is 0 Å². The van der Waals surface area contributed by atoms with E-state index in [1.807, 2.05) is 25.1 Å². The van der Waals surface area contributed by atoms with Crippen LogP contribution in [-0.2, 0) is 16.0 Å². The zero-order valence-corrected chi connectivity index (χ0v) is 22.2. The Balaban J connectivity index is 1.42. The maximum atomic E-state index is 13.1. The lowest BCUT2D eigenvalue weighted by atomic mass is 9.90. The molecule has 0 N–H and O–H groups in total. The van der Waals surface area contributed by atoms with Crippen LogP contribution in [0, 0.1) is 5.41 Å². The molecule has 3 aromatic rings. The second kappa shape index (κ2) is 11.5. The Bertz CT molecular complexity index is 1280. The summed E-state index contributed by atoms with van der Waals surface area (Å²) in [4.78, 5) is 52.1. The van der Waals surface area contributed by atoms with Crippen LogP contribution in [0.5, 0.6) is 5.75 Å². The lowest BCUT2D eigenvalue weighted by Crippen LogP contribution is -2.47. The minimum absolute atomic E-state index is 0.209. The number of oxazole rings is 1. The maximum absolute atomic E-state index is 13.1. The highest BCUT2D eigenvalue weighted by molar-refractivity contribution is 6.20. The van der Waals surface area contributed by atoms with Crippen LogP contribution >= 0.6 is 0 Å². The Labute approximate surface area is 222 Å². The van der Waals surface area contributed by atoms with Gasteiger partial charge in [0.25, 0.3) is 5.91 Å². The summed E-state index contributed by atoms with van der Waals surface area (Å²) in [5, 5.41) is 0. The summed E-state index contributed by atoms with van der Waals surface area (Å²) < 4.78 is 11.0. The summed E-state index contributed by atoms with van der Waals surface area (Å²) in [6.45, 7) is 6.96. The number of carbonyl (C=O) groups is 3. The topological polar surface area (TPSA) is 109 Å². The first-order chi connectivity index (χ1) is 18.2. The van der Waals surface area contributed by atoms with Gasteiger partial charge in [-0.25, -0.2) is 4.98 Å². The molecule has 1 aliphatic heterocycles. The molecule has 2 aromatic heterocycles. The molecule has 0 radical (unpaired) electrons. The highest BCUT2D eigenvalue weighted by atomic mass is 16.5. The Kier molecular flexibility index (Phi) is 8.09. The number of nitrogens with zero attached hydrogens (tertiary/aromatic N) is 5. The van der Waals surface area contributed by atoms with Crippen molar-refractivity contribution >= 4 is 29.1 Å². The average molecular weight is 520 g/mol. The summed E-state index contributed by atoms with van der Waals surface area (Å²) in [5.74, 6) is -0.129. The quantitative estimate of drug-likeness (QED) is 0.298. The number of ether oxygens (including phenoxy) is 1. The molecule has 0 atom stereocenters. The number of carbonyl (C=O) groups excluding carboxylic acids is 3. The predicted molar refractivity (Wildman–Crippen MR) is 142 cm³/mol. The van der Waals surface area contributed by atoms with Crippen molar-refractivity contribution in [2.45, 2.75) is 33.6 Å². The molecule has 0 spiro atoms. The van der Waals surface area contributed by atoms with E-state index in [0.29, 0.717) is 56.2 Å². The van der Waals surface area contributed by atoms with Gasteiger partial charge in [-0.3, -0.25) is 19.4 Å². The number of amides is 3. The van der Waals surface area contributed by atoms with Crippen LogP contribution in [0.25, 0.3) is 0 Å².